The molecule has 1 aliphatic heterocycles. The summed E-state index contributed by atoms with van der Waals surface area (Å²) in [6, 6.07) is 14.0. The molecule has 0 radical (unpaired) electrons. The number of pyridine rings is 1. The summed E-state index contributed by atoms with van der Waals surface area (Å²) in [4.78, 5) is 13.5. The van der Waals surface area contributed by atoms with Crippen molar-refractivity contribution < 1.29 is 0 Å². The average Bonchev–Trinajstić information content (AvgIpc) is 2.62. The van der Waals surface area contributed by atoms with Gasteiger partial charge in [-0.05, 0) is 43.3 Å². The minimum absolute atomic E-state index is 0. The predicted octanol–water partition coefficient (Wildman–Crippen LogP) is 3.34. The summed E-state index contributed by atoms with van der Waals surface area (Å²) in [5.41, 5.74) is 9.46. The van der Waals surface area contributed by atoms with Gasteiger partial charge in [0.2, 0.25) is 0 Å². The number of nitrogens with two attached hydrogens (primary N) is 1. The second-order valence-electron chi connectivity index (χ2n) is 6.21. The molecule has 26 heavy (non-hydrogen) atoms. The number of benzene rings is 1. The summed E-state index contributed by atoms with van der Waals surface area (Å²) in [6.07, 6.45) is 0.813. The van der Waals surface area contributed by atoms with E-state index in [1.165, 1.54) is 5.69 Å². The molecule has 1 aliphatic rings. The molecule has 0 aliphatic carbocycles. The monoisotopic (exact) mass is 485 g/mol. The van der Waals surface area contributed by atoms with Crippen LogP contribution in [0.2, 0.25) is 5.02 Å². The number of guanidine groups is 1. The number of anilines is 1. The number of piperazine rings is 1. The molecule has 0 bridgehead atoms. The predicted molar refractivity (Wildman–Crippen MR) is 120 cm³/mol. The maximum absolute atomic E-state index is 6.17. The van der Waals surface area contributed by atoms with Gasteiger partial charge in [-0.15, -0.1) is 24.0 Å². The van der Waals surface area contributed by atoms with Crippen molar-refractivity contribution in [3.63, 3.8) is 0 Å². The van der Waals surface area contributed by atoms with Crippen molar-refractivity contribution in [2.24, 2.45) is 10.7 Å². The molecule has 3 rings (SSSR count). The highest BCUT2D eigenvalue weighted by Crippen LogP contribution is 2.19. The van der Waals surface area contributed by atoms with Crippen molar-refractivity contribution in [3.05, 3.63) is 58.9 Å². The first-order valence-corrected chi connectivity index (χ1v) is 8.97. The number of rotatable bonds is 4. The van der Waals surface area contributed by atoms with Crippen molar-refractivity contribution >= 4 is 47.2 Å². The lowest BCUT2D eigenvalue weighted by atomic mass is 10.2. The number of aryl methyl sites for hydroxylation is 1. The van der Waals surface area contributed by atoms with Crippen LogP contribution in [0, 0.1) is 6.92 Å². The zero-order chi connectivity index (χ0) is 17.6. The summed E-state index contributed by atoms with van der Waals surface area (Å²) in [5.74, 6) is 0.628. The van der Waals surface area contributed by atoms with E-state index in [0.717, 1.165) is 49.0 Å². The van der Waals surface area contributed by atoms with Crippen LogP contribution in [-0.2, 0) is 6.42 Å². The number of hydrogen-bond acceptors (Lipinski definition) is 3. The average molecular weight is 486 g/mol. The number of hydrogen-bond donors (Lipinski definition) is 1. The molecule has 2 heterocycles. The normalized spacial score (nSPS) is 14.9. The summed E-state index contributed by atoms with van der Waals surface area (Å²) in [5, 5.41) is 0.766. The molecular formula is C19H25ClIN5. The van der Waals surface area contributed by atoms with E-state index in [4.69, 9.17) is 17.3 Å². The quantitative estimate of drug-likeness (QED) is 0.410. The molecule has 1 fully saturated rings. The third-order valence-corrected chi connectivity index (χ3v) is 4.64. The SMILES string of the molecule is Cc1cccc(CCN=C(N)N2CCN(c3ccc(Cl)cc3)CC2)n1.I. The lowest BCUT2D eigenvalue weighted by Crippen LogP contribution is -2.51. The van der Waals surface area contributed by atoms with E-state index in [0.29, 0.717) is 12.5 Å². The third-order valence-electron chi connectivity index (χ3n) is 4.38. The molecule has 5 nitrogen and oxygen atoms in total. The summed E-state index contributed by atoms with van der Waals surface area (Å²) < 4.78 is 0. The molecule has 0 atom stereocenters. The van der Waals surface area contributed by atoms with Gasteiger partial charge in [0.25, 0.3) is 0 Å². The van der Waals surface area contributed by atoms with Gasteiger partial charge in [0, 0.05) is 61.2 Å². The Hall–Kier alpha value is -1.54. The summed E-state index contributed by atoms with van der Waals surface area (Å²) >= 11 is 5.95. The zero-order valence-electron chi connectivity index (χ0n) is 14.9. The lowest BCUT2D eigenvalue weighted by Gasteiger charge is -2.36. The van der Waals surface area contributed by atoms with Gasteiger partial charge in [0.05, 0.1) is 0 Å². The van der Waals surface area contributed by atoms with Crippen LogP contribution in [-0.4, -0.2) is 48.6 Å². The van der Waals surface area contributed by atoms with E-state index < -0.39 is 0 Å². The van der Waals surface area contributed by atoms with Crippen molar-refractivity contribution in [2.45, 2.75) is 13.3 Å². The topological polar surface area (TPSA) is 57.8 Å². The van der Waals surface area contributed by atoms with Crippen molar-refractivity contribution in [1.29, 1.82) is 0 Å². The van der Waals surface area contributed by atoms with Gasteiger partial charge in [0.1, 0.15) is 0 Å². The molecule has 0 saturated carbocycles. The van der Waals surface area contributed by atoms with Crippen molar-refractivity contribution in [3.8, 4) is 0 Å². The Morgan fingerprint density at radius 3 is 2.46 bits per heavy atom. The molecule has 140 valence electrons. The maximum Gasteiger partial charge on any atom is 0.191 e. The fraction of sp³-hybridized carbons (Fsp3) is 0.368. The largest absolute Gasteiger partial charge is 0.370 e. The standard InChI is InChI=1S/C19H24ClN5.HI/c1-15-3-2-4-17(23-15)9-10-22-19(21)25-13-11-24(12-14-25)18-7-5-16(20)6-8-18;/h2-8H,9-14H2,1H3,(H2,21,22);1H. The highest BCUT2D eigenvalue weighted by Gasteiger charge is 2.18. The van der Waals surface area contributed by atoms with E-state index in [1.54, 1.807) is 0 Å². The second-order valence-corrected chi connectivity index (χ2v) is 6.65. The van der Waals surface area contributed by atoms with Crippen LogP contribution in [0.15, 0.2) is 47.5 Å². The Balaban J connectivity index is 0.00000243. The maximum atomic E-state index is 6.17. The Morgan fingerprint density at radius 2 is 1.81 bits per heavy atom. The first-order chi connectivity index (χ1) is 12.1. The van der Waals surface area contributed by atoms with Gasteiger partial charge in [-0.1, -0.05) is 17.7 Å². The first kappa shape index (κ1) is 20.8. The van der Waals surface area contributed by atoms with Gasteiger partial charge in [0.15, 0.2) is 5.96 Å². The van der Waals surface area contributed by atoms with Crippen molar-refractivity contribution in [1.82, 2.24) is 9.88 Å². The van der Waals surface area contributed by atoms with Gasteiger partial charge in [-0.25, -0.2) is 0 Å². The Bertz CT molecular complexity index is 727. The van der Waals surface area contributed by atoms with Crippen LogP contribution in [0.1, 0.15) is 11.4 Å². The summed E-state index contributed by atoms with van der Waals surface area (Å²) in [7, 11) is 0. The third kappa shape index (κ3) is 5.74. The minimum Gasteiger partial charge on any atom is -0.370 e. The zero-order valence-corrected chi connectivity index (χ0v) is 18.0. The van der Waals surface area contributed by atoms with Crippen LogP contribution in [0.5, 0.6) is 0 Å². The van der Waals surface area contributed by atoms with Gasteiger partial charge < -0.3 is 15.5 Å². The molecular weight excluding hydrogens is 461 g/mol. The molecule has 1 saturated heterocycles. The molecule has 2 N–H and O–H groups in total. The van der Waals surface area contributed by atoms with E-state index >= 15 is 0 Å². The van der Waals surface area contributed by atoms with E-state index in [1.807, 2.05) is 37.3 Å². The van der Waals surface area contributed by atoms with E-state index in [9.17, 15) is 0 Å². The van der Waals surface area contributed by atoms with Crippen LogP contribution in [0.25, 0.3) is 0 Å². The molecule has 0 unspecified atom stereocenters. The van der Waals surface area contributed by atoms with E-state index in [-0.39, 0.29) is 24.0 Å². The van der Waals surface area contributed by atoms with Crippen LogP contribution in [0.3, 0.4) is 0 Å². The number of aromatic nitrogens is 1. The highest BCUT2D eigenvalue weighted by molar-refractivity contribution is 14.0. The van der Waals surface area contributed by atoms with Crippen LogP contribution >= 0.6 is 35.6 Å². The Labute approximate surface area is 177 Å². The van der Waals surface area contributed by atoms with E-state index in [2.05, 4.69) is 31.9 Å². The molecule has 1 aromatic carbocycles. The smallest absolute Gasteiger partial charge is 0.191 e. The fourth-order valence-electron chi connectivity index (χ4n) is 2.97. The summed E-state index contributed by atoms with van der Waals surface area (Å²) in [6.45, 7) is 6.27. The molecule has 7 heteroatoms. The van der Waals surface area contributed by atoms with Gasteiger partial charge >= 0.3 is 0 Å². The van der Waals surface area contributed by atoms with Crippen LogP contribution < -0.4 is 10.6 Å². The van der Waals surface area contributed by atoms with Crippen molar-refractivity contribution in [2.75, 3.05) is 37.6 Å². The highest BCUT2D eigenvalue weighted by atomic mass is 127. The molecule has 1 aromatic heterocycles. The lowest BCUT2D eigenvalue weighted by molar-refractivity contribution is 0.381. The minimum atomic E-state index is 0. The first-order valence-electron chi connectivity index (χ1n) is 8.60. The Kier molecular flexibility index (Phi) is 7.96. The number of halogens is 2. The van der Waals surface area contributed by atoms with Crippen LogP contribution in [0.4, 0.5) is 5.69 Å². The second kappa shape index (κ2) is 9.97. The fourth-order valence-corrected chi connectivity index (χ4v) is 3.10. The number of nitrogens with zero attached hydrogens (tertiary/aromatic N) is 4. The molecule has 0 amide bonds. The Morgan fingerprint density at radius 1 is 1.12 bits per heavy atom. The molecule has 0 spiro atoms. The van der Waals surface area contributed by atoms with Gasteiger partial charge in [-0.2, -0.15) is 0 Å². The molecule has 2 aromatic rings. The number of aliphatic imine (C=N–C) groups is 1. The van der Waals surface area contributed by atoms with Gasteiger partial charge in [-0.3, -0.25) is 9.98 Å².